The van der Waals surface area contributed by atoms with Crippen molar-refractivity contribution in [3.05, 3.63) is 12.2 Å². The van der Waals surface area contributed by atoms with Gasteiger partial charge in [0.15, 0.2) is 0 Å². The maximum atomic E-state index is 12.9. The summed E-state index contributed by atoms with van der Waals surface area (Å²) in [6.45, 7) is 5.26. The van der Waals surface area contributed by atoms with Crippen molar-refractivity contribution in [1.82, 2.24) is 4.90 Å². The fourth-order valence-corrected chi connectivity index (χ4v) is 3.66. The minimum absolute atomic E-state index is 0.0235. The highest BCUT2D eigenvalue weighted by atomic mass is 16.6. The van der Waals surface area contributed by atoms with Gasteiger partial charge < -0.3 is 19.5 Å². The van der Waals surface area contributed by atoms with Gasteiger partial charge in [-0.1, -0.05) is 12.2 Å². The largest absolute Gasteiger partial charge is 0.481 e. The maximum Gasteiger partial charge on any atom is 0.306 e. The SMILES string of the molecule is C=C1CCC(C(=O)N2C[C@@H](CC(=O)O)O[C@H]3COC[C@@H]32)CC1. The molecule has 3 fully saturated rings. The molecule has 1 amide bonds. The lowest BCUT2D eigenvalue weighted by atomic mass is 9.85. The topological polar surface area (TPSA) is 76.1 Å². The zero-order valence-corrected chi connectivity index (χ0v) is 12.7. The van der Waals surface area contributed by atoms with E-state index in [4.69, 9.17) is 14.6 Å². The molecule has 0 aromatic carbocycles. The molecular formula is C16H23NO5. The van der Waals surface area contributed by atoms with Crippen LogP contribution in [0.2, 0.25) is 0 Å². The monoisotopic (exact) mass is 309 g/mol. The summed E-state index contributed by atoms with van der Waals surface area (Å²) in [6.07, 6.45) is 2.79. The van der Waals surface area contributed by atoms with Crippen molar-refractivity contribution in [2.75, 3.05) is 19.8 Å². The lowest BCUT2D eigenvalue weighted by molar-refractivity contribution is -0.162. The summed E-state index contributed by atoms with van der Waals surface area (Å²) in [5, 5.41) is 8.98. The van der Waals surface area contributed by atoms with Crippen molar-refractivity contribution in [3.8, 4) is 0 Å². The maximum absolute atomic E-state index is 12.9. The Morgan fingerprint density at radius 3 is 2.68 bits per heavy atom. The number of nitrogens with zero attached hydrogens (tertiary/aromatic N) is 1. The van der Waals surface area contributed by atoms with E-state index >= 15 is 0 Å². The number of rotatable bonds is 3. The minimum Gasteiger partial charge on any atom is -0.481 e. The summed E-state index contributed by atoms with van der Waals surface area (Å²) in [7, 11) is 0. The number of amides is 1. The van der Waals surface area contributed by atoms with Crippen molar-refractivity contribution >= 4 is 11.9 Å². The molecule has 2 heterocycles. The number of aliphatic carboxylic acids is 1. The third kappa shape index (κ3) is 3.17. The van der Waals surface area contributed by atoms with Crippen LogP contribution in [-0.2, 0) is 19.1 Å². The normalized spacial score (nSPS) is 32.8. The molecular weight excluding hydrogens is 286 g/mol. The smallest absolute Gasteiger partial charge is 0.306 e. The lowest BCUT2D eigenvalue weighted by Crippen LogP contribution is -2.58. The molecule has 22 heavy (non-hydrogen) atoms. The molecule has 0 aromatic rings. The molecule has 3 aliphatic rings. The van der Waals surface area contributed by atoms with E-state index in [1.807, 2.05) is 4.90 Å². The molecule has 2 saturated heterocycles. The third-order valence-electron chi connectivity index (χ3n) is 4.90. The number of ether oxygens (including phenoxy) is 2. The van der Waals surface area contributed by atoms with E-state index in [-0.39, 0.29) is 30.4 Å². The summed E-state index contributed by atoms with van der Waals surface area (Å²) in [5.74, 6) is -0.745. The van der Waals surface area contributed by atoms with Crippen LogP contribution in [0.25, 0.3) is 0 Å². The van der Waals surface area contributed by atoms with Crippen LogP contribution in [0, 0.1) is 5.92 Å². The Morgan fingerprint density at radius 2 is 2.00 bits per heavy atom. The molecule has 0 unspecified atom stereocenters. The standard InChI is InChI=1S/C16H23NO5/c1-10-2-4-11(5-3-10)16(20)17-7-12(6-15(18)19)22-14-9-21-8-13(14)17/h11-14H,1-9H2,(H,18,19)/t12-,13+,14+/m1/s1. The Labute approximate surface area is 130 Å². The van der Waals surface area contributed by atoms with Gasteiger partial charge in [-0.05, 0) is 25.7 Å². The number of carbonyl (C=O) groups excluding carboxylic acids is 1. The van der Waals surface area contributed by atoms with Crippen molar-refractivity contribution in [3.63, 3.8) is 0 Å². The molecule has 1 aliphatic carbocycles. The molecule has 1 saturated carbocycles. The van der Waals surface area contributed by atoms with Gasteiger partial charge in [0.2, 0.25) is 5.91 Å². The highest BCUT2D eigenvalue weighted by Gasteiger charge is 2.44. The number of morpholine rings is 1. The highest BCUT2D eigenvalue weighted by molar-refractivity contribution is 5.80. The zero-order chi connectivity index (χ0) is 15.7. The molecule has 0 aromatic heterocycles. The molecule has 0 bridgehead atoms. The first kappa shape index (κ1) is 15.5. The van der Waals surface area contributed by atoms with Crippen molar-refractivity contribution in [2.24, 2.45) is 5.92 Å². The van der Waals surface area contributed by atoms with Crippen molar-refractivity contribution in [2.45, 2.75) is 50.4 Å². The molecule has 3 atom stereocenters. The first-order valence-electron chi connectivity index (χ1n) is 7.96. The number of hydrogen-bond acceptors (Lipinski definition) is 4. The van der Waals surface area contributed by atoms with E-state index in [2.05, 4.69) is 6.58 Å². The highest BCUT2D eigenvalue weighted by Crippen LogP contribution is 2.32. The van der Waals surface area contributed by atoms with Crippen LogP contribution < -0.4 is 0 Å². The van der Waals surface area contributed by atoms with Crippen LogP contribution >= 0.6 is 0 Å². The molecule has 0 spiro atoms. The minimum atomic E-state index is -0.899. The van der Waals surface area contributed by atoms with E-state index in [1.165, 1.54) is 5.57 Å². The molecule has 122 valence electrons. The Morgan fingerprint density at radius 1 is 1.27 bits per heavy atom. The lowest BCUT2D eigenvalue weighted by Gasteiger charge is -2.42. The Bertz CT molecular complexity index is 467. The van der Waals surface area contributed by atoms with Gasteiger partial charge in [-0.2, -0.15) is 0 Å². The van der Waals surface area contributed by atoms with Crippen LogP contribution in [0.1, 0.15) is 32.1 Å². The summed E-state index contributed by atoms with van der Waals surface area (Å²) >= 11 is 0. The second-order valence-corrected chi connectivity index (χ2v) is 6.51. The second kappa shape index (κ2) is 6.38. The zero-order valence-electron chi connectivity index (χ0n) is 12.7. The first-order valence-corrected chi connectivity index (χ1v) is 7.96. The van der Waals surface area contributed by atoms with Gasteiger partial charge in [0.05, 0.1) is 31.8 Å². The van der Waals surface area contributed by atoms with Crippen LogP contribution in [0.5, 0.6) is 0 Å². The average Bonchev–Trinajstić information content (AvgIpc) is 2.94. The third-order valence-corrected chi connectivity index (χ3v) is 4.90. The number of carbonyl (C=O) groups is 2. The van der Waals surface area contributed by atoms with Gasteiger partial charge in [0, 0.05) is 12.5 Å². The van der Waals surface area contributed by atoms with E-state index in [0.29, 0.717) is 19.8 Å². The van der Waals surface area contributed by atoms with Crippen molar-refractivity contribution < 1.29 is 24.2 Å². The number of hydrogen-bond donors (Lipinski definition) is 1. The molecule has 3 rings (SSSR count). The predicted octanol–water partition coefficient (Wildman–Crippen LogP) is 1.20. The number of carboxylic acid groups (broad SMARTS) is 1. The molecule has 0 radical (unpaired) electrons. The average molecular weight is 309 g/mol. The van der Waals surface area contributed by atoms with Crippen LogP contribution in [0.4, 0.5) is 0 Å². The van der Waals surface area contributed by atoms with Gasteiger partial charge in [-0.15, -0.1) is 0 Å². The summed E-state index contributed by atoms with van der Waals surface area (Å²) < 4.78 is 11.2. The summed E-state index contributed by atoms with van der Waals surface area (Å²) in [6, 6.07) is -0.0670. The van der Waals surface area contributed by atoms with Gasteiger partial charge in [-0.3, -0.25) is 9.59 Å². The van der Waals surface area contributed by atoms with Crippen LogP contribution in [-0.4, -0.2) is 59.9 Å². The molecule has 2 aliphatic heterocycles. The Hall–Kier alpha value is -1.40. The fraction of sp³-hybridized carbons (Fsp3) is 0.750. The predicted molar refractivity (Wildman–Crippen MR) is 78.3 cm³/mol. The molecule has 1 N–H and O–H groups in total. The number of allylic oxidation sites excluding steroid dienone is 1. The van der Waals surface area contributed by atoms with Gasteiger partial charge in [0.25, 0.3) is 0 Å². The fourth-order valence-electron chi connectivity index (χ4n) is 3.66. The van der Waals surface area contributed by atoms with Crippen LogP contribution in [0.15, 0.2) is 12.2 Å². The van der Waals surface area contributed by atoms with Gasteiger partial charge >= 0.3 is 5.97 Å². The summed E-state index contributed by atoms with van der Waals surface area (Å²) in [5.41, 5.74) is 1.22. The number of fused-ring (bicyclic) bond motifs is 1. The van der Waals surface area contributed by atoms with E-state index < -0.39 is 12.1 Å². The molecule has 6 heteroatoms. The van der Waals surface area contributed by atoms with E-state index in [1.54, 1.807) is 0 Å². The Balaban J connectivity index is 1.70. The van der Waals surface area contributed by atoms with Gasteiger partial charge in [0.1, 0.15) is 6.10 Å². The quantitative estimate of drug-likeness (QED) is 0.793. The molecule has 6 nitrogen and oxygen atoms in total. The first-order chi connectivity index (χ1) is 10.5. The van der Waals surface area contributed by atoms with E-state index in [0.717, 1.165) is 25.7 Å². The summed E-state index contributed by atoms with van der Waals surface area (Å²) in [4.78, 5) is 25.6. The van der Waals surface area contributed by atoms with Crippen LogP contribution in [0.3, 0.4) is 0 Å². The second-order valence-electron chi connectivity index (χ2n) is 6.51. The van der Waals surface area contributed by atoms with Crippen molar-refractivity contribution in [1.29, 1.82) is 0 Å². The van der Waals surface area contributed by atoms with E-state index in [9.17, 15) is 9.59 Å². The number of carboxylic acids is 1. The Kier molecular flexibility index (Phi) is 4.49. The van der Waals surface area contributed by atoms with Gasteiger partial charge in [-0.25, -0.2) is 0 Å².